The van der Waals surface area contributed by atoms with Gasteiger partial charge < -0.3 is 16.9 Å². The molecule has 0 aliphatic heterocycles. The van der Waals surface area contributed by atoms with Crippen molar-refractivity contribution in [2.24, 2.45) is 0 Å². The van der Waals surface area contributed by atoms with Gasteiger partial charge in [-0.25, -0.2) is 0 Å². The first-order valence-electron chi connectivity index (χ1n) is 5.01. The average Bonchev–Trinajstić information content (AvgIpc) is 2.20. The van der Waals surface area contributed by atoms with Gasteiger partial charge in [0.1, 0.15) is 13.1 Å². The zero-order chi connectivity index (χ0) is 10.4. The maximum atomic E-state index is 5.38. The van der Waals surface area contributed by atoms with Crippen LogP contribution in [0.25, 0.3) is 0 Å². The van der Waals surface area contributed by atoms with E-state index in [2.05, 4.69) is 44.2 Å². The lowest BCUT2D eigenvalue weighted by Crippen LogP contribution is -3.00. The van der Waals surface area contributed by atoms with Crippen molar-refractivity contribution in [3.63, 3.8) is 0 Å². The van der Waals surface area contributed by atoms with Gasteiger partial charge in [0.25, 0.3) is 0 Å². The molecule has 0 aliphatic carbocycles. The first-order valence-corrected chi connectivity index (χ1v) is 5.01. The van der Waals surface area contributed by atoms with Crippen molar-refractivity contribution >= 4 is 0 Å². The molecule has 1 aromatic rings. The minimum atomic E-state index is 0. The van der Waals surface area contributed by atoms with Crippen LogP contribution in [0.4, 0.5) is 0 Å². The van der Waals surface area contributed by atoms with Crippen LogP contribution in [0.5, 0.6) is 0 Å². The molecule has 82 valence electrons. The topological polar surface area (TPSA) is 0 Å². The number of halogens is 1. The minimum absolute atomic E-state index is 0. The van der Waals surface area contributed by atoms with Crippen LogP contribution in [0.2, 0.25) is 0 Å². The molecule has 1 aromatic carbocycles. The van der Waals surface area contributed by atoms with Crippen LogP contribution in [0.15, 0.2) is 30.3 Å². The molecule has 1 rings (SSSR count). The molecular weight excluding hydrogens is 206 g/mol. The van der Waals surface area contributed by atoms with Crippen molar-refractivity contribution in [3.05, 3.63) is 35.9 Å². The second kappa shape index (κ2) is 6.50. The molecule has 2 heteroatoms. The second-order valence-electron chi connectivity index (χ2n) is 3.94. The first-order chi connectivity index (χ1) is 6.70. The molecule has 0 fully saturated rings. The minimum Gasteiger partial charge on any atom is -1.00 e. The Balaban J connectivity index is 0.00000196. The predicted octanol–water partition coefficient (Wildman–Crippen LogP) is -0.710. The first kappa shape index (κ1) is 14.0. The van der Waals surface area contributed by atoms with Gasteiger partial charge >= 0.3 is 0 Å². The average molecular weight is 224 g/mol. The number of rotatable bonds is 4. The summed E-state index contributed by atoms with van der Waals surface area (Å²) in [6.45, 7) is 5.06. The lowest BCUT2D eigenvalue weighted by Gasteiger charge is -2.31. The van der Waals surface area contributed by atoms with Crippen LogP contribution in [-0.4, -0.2) is 24.6 Å². The van der Waals surface area contributed by atoms with Crippen molar-refractivity contribution in [2.75, 3.05) is 20.1 Å². The molecule has 0 saturated carbocycles. The molecule has 15 heavy (non-hydrogen) atoms. The summed E-state index contributed by atoms with van der Waals surface area (Å²) in [5.74, 6) is 2.75. The summed E-state index contributed by atoms with van der Waals surface area (Å²) in [5.41, 5.74) is 1.35. The molecule has 0 saturated heterocycles. The Kier molecular flexibility index (Phi) is 6.08. The largest absolute Gasteiger partial charge is 1.00 e. The van der Waals surface area contributed by atoms with E-state index in [0.717, 1.165) is 24.1 Å². The Bertz CT molecular complexity index is 315. The van der Waals surface area contributed by atoms with E-state index in [-0.39, 0.29) is 12.4 Å². The van der Waals surface area contributed by atoms with Crippen molar-refractivity contribution in [2.45, 2.75) is 13.5 Å². The summed E-state index contributed by atoms with van der Waals surface area (Å²) in [6.07, 6.45) is 5.38. The lowest BCUT2D eigenvalue weighted by molar-refractivity contribution is -0.914. The molecule has 1 unspecified atom stereocenters. The summed E-state index contributed by atoms with van der Waals surface area (Å²) in [5, 5.41) is 0. The second-order valence-corrected chi connectivity index (χ2v) is 3.94. The Morgan fingerprint density at radius 3 is 2.33 bits per heavy atom. The molecular formula is C13H18ClN. The number of quaternary nitrogens is 1. The highest BCUT2D eigenvalue weighted by Gasteiger charge is 2.17. The summed E-state index contributed by atoms with van der Waals surface area (Å²) in [4.78, 5) is 0. The third-order valence-electron chi connectivity index (χ3n) is 2.64. The fourth-order valence-corrected chi connectivity index (χ4v) is 1.52. The molecule has 0 aromatic heterocycles. The van der Waals surface area contributed by atoms with E-state index >= 15 is 0 Å². The van der Waals surface area contributed by atoms with Gasteiger partial charge in [-0.3, -0.25) is 0 Å². The zero-order valence-corrected chi connectivity index (χ0v) is 10.2. The normalized spacial score (nSPS) is 13.4. The highest BCUT2D eigenvalue weighted by atomic mass is 35.5. The van der Waals surface area contributed by atoms with Crippen LogP contribution in [0, 0.1) is 12.3 Å². The summed E-state index contributed by atoms with van der Waals surface area (Å²) in [6, 6.07) is 10.5. The van der Waals surface area contributed by atoms with Crippen LogP contribution >= 0.6 is 0 Å². The van der Waals surface area contributed by atoms with Gasteiger partial charge in [-0.2, -0.15) is 0 Å². The molecule has 0 N–H and O–H groups in total. The molecule has 1 nitrogen and oxygen atoms in total. The third-order valence-corrected chi connectivity index (χ3v) is 2.64. The quantitative estimate of drug-likeness (QED) is 0.468. The number of nitrogens with zero attached hydrogens (tertiary/aromatic N) is 1. The highest BCUT2D eigenvalue weighted by Crippen LogP contribution is 2.10. The molecule has 0 radical (unpaired) electrons. The van der Waals surface area contributed by atoms with Gasteiger partial charge in [0, 0.05) is 5.56 Å². The van der Waals surface area contributed by atoms with Crippen LogP contribution in [0.3, 0.4) is 0 Å². The van der Waals surface area contributed by atoms with E-state index in [1.54, 1.807) is 0 Å². The number of benzene rings is 1. The van der Waals surface area contributed by atoms with E-state index in [1.807, 2.05) is 6.07 Å². The van der Waals surface area contributed by atoms with Crippen LogP contribution in [0.1, 0.15) is 12.5 Å². The van der Waals surface area contributed by atoms with Gasteiger partial charge in [0.05, 0.1) is 13.6 Å². The van der Waals surface area contributed by atoms with Gasteiger partial charge in [-0.05, 0) is 12.8 Å². The fraction of sp³-hybridized carbons (Fsp3) is 0.385. The zero-order valence-electron chi connectivity index (χ0n) is 9.41. The van der Waals surface area contributed by atoms with Crippen LogP contribution in [-0.2, 0) is 6.54 Å². The smallest absolute Gasteiger partial charge is 0.140 e. The monoisotopic (exact) mass is 223 g/mol. The van der Waals surface area contributed by atoms with Crippen molar-refractivity contribution < 1.29 is 16.9 Å². The van der Waals surface area contributed by atoms with Gasteiger partial charge in [-0.15, -0.1) is 6.42 Å². The van der Waals surface area contributed by atoms with E-state index in [9.17, 15) is 0 Å². The lowest BCUT2D eigenvalue weighted by atomic mass is 10.2. The molecule has 0 bridgehead atoms. The number of hydrogen-bond acceptors (Lipinski definition) is 0. The molecule has 0 amide bonds. The molecule has 1 atom stereocenters. The Morgan fingerprint density at radius 2 is 1.87 bits per heavy atom. The highest BCUT2D eigenvalue weighted by molar-refractivity contribution is 5.13. The van der Waals surface area contributed by atoms with Crippen molar-refractivity contribution in [1.29, 1.82) is 0 Å². The Morgan fingerprint density at radius 1 is 1.27 bits per heavy atom. The number of terminal acetylenes is 1. The summed E-state index contributed by atoms with van der Waals surface area (Å²) < 4.78 is 0.917. The van der Waals surface area contributed by atoms with E-state index in [1.165, 1.54) is 5.56 Å². The van der Waals surface area contributed by atoms with E-state index in [0.29, 0.717) is 0 Å². The summed E-state index contributed by atoms with van der Waals surface area (Å²) >= 11 is 0. The Labute approximate surface area is 99.1 Å². The molecule has 0 spiro atoms. The predicted molar refractivity (Wildman–Crippen MR) is 60.6 cm³/mol. The van der Waals surface area contributed by atoms with E-state index in [4.69, 9.17) is 6.42 Å². The van der Waals surface area contributed by atoms with Crippen molar-refractivity contribution in [3.8, 4) is 12.3 Å². The fourth-order valence-electron chi connectivity index (χ4n) is 1.52. The molecule has 0 heterocycles. The third kappa shape index (κ3) is 4.38. The molecule has 0 aliphatic rings. The maximum absolute atomic E-state index is 5.38. The maximum Gasteiger partial charge on any atom is 0.140 e. The van der Waals surface area contributed by atoms with Gasteiger partial charge in [0.15, 0.2) is 0 Å². The Hall–Kier alpha value is -0.970. The van der Waals surface area contributed by atoms with E-state index < -0.39 is 0 Å². The van der Waals surface area contributed by atoms with Crippen LogP contribution < -0.4 is 12.4 Å². The number of hydrogen-bond donors (Lipinski definition) is 0. The van der Waals surface area contributed by atoms with Crippen molar-refractivity contribution in [1.82, 2.24) is 0 Å². The van der Waals surface area contributed by atoms with Gasteiger partial charge in [0.2, 0.25) is 0 Å². The summed E-state index contributed by atoms with van der Waals surface area (Å²) in [7, 11) is 2.20. The standard InChI is InChI=1S/C13H18N.ClH/c1-4-11-14(3,5-2)12-13-9-7-6-8-10-13;/h1,6-10H,5,11-12H2,2-3H3;1H/q+1;/p-1. The van der Waals surface area contributed by atoms with Gasteiger partial charge in [-0.1, -0.05) is 30.3 Å². The SMILES string of the molecule is C#CC[N+](C)(CC)Cc1ccccc1.[Cl-].